The lowest BCUT2D eigenvalue weighted by atomic mass is 10.1. The molecule has 1 saturated heterocycles. The summed E-state index contributed by atoms with van der Waals surface area (Å²) in [6, 6.07) is 8.04. The number of nitrogens with zero attached hydrogens (tertiary/aromatic N) is 4. The van der Waals surface area contributed by atoms with E-state index >= 15 is 0 Å². The largest absolute Gasteiger partial charge is 0.355 e. The second-order valence-electron chi connectivity index (χ2n) is 5.69. The monoisotopic (exact) mass is 299 g/mol. The second-order valence-corrected chi connectivity index (χ2v) is 5.69. The van der Waals surface area contributed by atoms with Gasteiger partial charge in [-0.05, 0) is 38.0 Å². The molecule has 22 heavy (non-hydrogen) atoms. The van der Waals surface area contributed by atoms with Gasteiger partial charge in [0.25, 0.3) is 0 Å². The van der Waals surface area contributed by atoms with Gasteiger partial charge in [-0.1, -0.05) is 6.07 Å². The maximum absolute atomic E-state index is 12.1. The Labute approximate surface area is 130 Å². The molecule has 1 amide bonds. The molecular weight excluding hydrogens is 278 g/mol. The van der Waals surface area contributed by atoms with E-state index < -0.39 is 0 Å². The molecule has 1 aliphatic heterocycles. The molecule has 1 aliphatic rings. The van der Waals surface area contributed by atoms with E-state index in [0.717, 1.165) is 37.4 Å². The minimum absolute atomic E-state index is 0.00718. The molecule has 0 bridgehead atoms. The van der Waals surface area contributed by atoms with Gasteiger partial charge in [-0.25, -0.2) is 4.98 Å². The van der Waals surface area contributed by atoms with Crippen LogP contribution in [0.25, 0.3) is 0 Å². The van der Waals surface area contributed by atoms with Crippen molar-refractivity contribution in [3.8, 4) is 0 Å². The Hall–Kier alpha value is -2.37. The van der Waals surface area contributed by atoms with Crippen LogP contribution in [0.5, 0.6) is 0 Å². The van der Waals surface area contributed by atoms with Gasteiger partial charge in [0, 0.05) is 37.2 Å². The van der Waals surface area contributed by atoms with Crippen LogP contribution < -0.4 is 10.2 Å². The van der Waals surface area contributed by atoms with E-state index in [1.54, 1.807) is 17.1 Å². The van der Waals surface area contributed by atoms with Crippen LogP contribution in [-0.2, 0) is 11.3 Å². The molecule has 3 heterocycles. The third-order valence-electron chi connectivity index (χ3n) is 3.85. The van der Waals surface area contributed by atoms with E-state index in [1.165, 1.54) is 0 Å². The van der Waals surface area contributed by atoms with Crippen molar-refractivity contribution < 1.29 is 4.79 Å². The Bertz CT molecular complexity index is 625. The van der Waals surface area contributed by atoms with Gasteiger partial charge < -0.3 is 10.2 Å². The molecule has 6 nitrogen and oxygen atoms in total. The summed E-state index contributed by atoms with van der Waals surface area (Å²) in [5.74, 6) is 0.999. The molecule has 0 spiro atoms. The molecule has 0 saturated carbocycles. The highest BCUT2D eigenvalue weighted by atomic mass is 16.2. The van der Waals surface area contributed by atoms with Crippen LogP contribution in [-0.4, -0.2) is 39.8 Å². The first kappa shape index (κ1) is 14.6. The van der Waals surface area contributed by atoms with Gasteiger partial charge >= 0.3 is 0 Å². The number of anilines is 1. The van der Waals surface area contributed by atoms with E-state index in [4.69, 9.17) is 0 Å². The van der Waals surface area contributed by atoms with Gasteiger partial charge in [-0.2, -0.15) is 5.10 Å². The summed E-state index contributed by atoms with van der Waals surface area (Å²) in [7, 11) is 0. The summed E-state index contributed by atoms with van der Waals surface area (Å²) in [5.41, 5.74) is 1.02. The number of amides is 1. The van der Waals surface area contributed by atoms with Crippen LogP contribution in [0.1, 0.15) is 18.5 Å². The number of hydrogen-bond donors (Lipinski definition) is 1. The average Bonchev–Trinajstić information content (AvgIpc) is 3.00. The summed E-state index contributed by atoms with van der Waals surface area (Å²) in [6.45, 7) is 4.06. The first-order chi connectivity index (χ1) is 10.7. The van der Waals surface area contributed by atoms with Crippen molar-refractivity contribution in [3.05, 3.63) is 42.4 Å². The van der Waals surface area contributed by atoms with Crippen molar-refractivity contribution in [1.82, 2.24) is 20.1 Å². The maximum atomic E-state index is 12.1. The SMILES string of the molecule is Cc1cccc(N2CCC[C@@H](NC(=O)Cn3cccn3)C2)n1. The predicted octanol–water partition coefficient (Wildman–Crippen LogP) is 1.37. The van der Waals surface area contributed by atoms with E-state index in [-0.39, 0.29) is 18.5 Å². The van der Waals surface area contributed by atoms with Crippen molar-refractivity contribution >= 4 is 11.7 Å². The topological polar surface area (TPSA) is 63.1 Å². The molecule has 3 rings (SSSR count). The summed E-state index contributed by atoms with van der Waals surface area (Å²) in [6.07, 6.45) is 5.54. The number of aryl methyl sites for hydroxylation is 1. The Morgan fingerprint density at radius 2 is 2.32 bits per heavy atom. The van der Waals surface area contributed by atoms with Crippen LogP contribution >= 0.6 is 0 Å². The number of hydrogen-bond acceptors (Lipinski definition) is 4. The van der Waals surface area contributed by atoms with E-state index in [0.29, 0.717) is 0 Å². The zero-order valence-corrected chi connectivity index (χ0v) is 12.8. The fraction of sp³-hybridized carbons (Fsp3) is 0.438. The van der Waals surface area contributed by atoms with Gasteiger partial charge in [-0.15, -0.1) is 0 Å². The van der Waals surface area contributed by atoms with Gasteiger partial charge in [0.15, 0.2) is 0 Å². The van der Waals surface area contributed by atoms with Crippen LogP contribution in [0.4, 0.5) is 5.82 Å². The zero-order valence-electron chi connectivity index (χ0n) is 12.8. The fourth-order valence-electron chi connectivity index (χ4n) is 2.82. The highest BCUT2D eigenvalue weighted by Crippen LogP contribution is 2.18. The predicted molar refractivity (Wildman–Crippen MR) is 84.6 cm³/mol. The number of piperidine rings is 1. The lowest BCUT2D eigenvalue weighted by Crippen LogP contribution is -2.48. The van der Waals surface area contributed by atoms with Crippen molar-refractivity contribution in [1.29, 1.82) is 0 Å². The third-order valence-corrected chi connectivity index (χ3v) is 3.85. The lowest BCUT2D eigenvalue weighted by Gasteiger charge is -2.34. The molecule has 2 aromatic rings. The molecule has 0 aliphatic carbocycles. The molecule has 116 valence electrons. The lowest BCUT2D eigenvalue weighted by molar-refractivity contribution is -0.122. The molecule has 2 aromatic heterocycles. The molecule has 1 N–H and O–H groups in total. The normalized spacial score (nSPS) is 18.2. The van der Waals surface area contributed by atoms with E-state index in [1.807, 2.05) is 31.2 Å². The quantitative estimate of drug-likeness (QED) is 0.926. The number of aromatic nitrogens is 3. The molecule has 1 atom stereocenters. The summed E-state index contributed by atoms with van der Waals surface area (Å²) in [5, 5.41) is 7.16. The molecular formula is C16H21N5O. The van der Waals surface area contributed by atoms with Crippen LogP contribution in [0, 0.1) is 6.92 Å². The Kier molecular flexibility index (Phi) is 4.37. The minimum atomic E-state index is 0.00718. The van der Waals surface area contributed by atoms with Crippen molar-refractivity contribution in [2.24, 2.45) is 0 Å². The van der Waals surface area contributed by atoms with Crippen molar-refractivity contribution in [3.63, 3.8) is 0 Å². The maximum Gasteiger partial charge on any atom is 0.242 e. The summed E-state index contributed by atoms with van der Waals surface area (Å²) in [4.78, 5) is 18.9. The smallest absolute Gasteiger partial charge is 0.242 e. The number of carbonyl (C=O) groups excluding carboxylic acids is 1. The Morgan fingerprint density at radius 3 is 3.09 bits per heavy atom. The highest BCUT2D eigenvalue weighted by molar-refractivity contribution is 5.76. The third kappa shape index (κ3) is 3.63. The molecule has 0 unspecified atom stereocenters. The zero-order chi connectivity index (χ0) is 15.4. The van der Waals surface area contributed by atoms with Crippen molar-refractivity contribution in [2.45, 2.75) is 32.4 Å². The van der Waals surface area contributed by atoms with Gasteiger partial charge in [0.2, 0.25) is 5.91 Å². The second kappa shape index (κ2) is 6.60. The highest BCUT2D eigenvalue weighted by Gasteiger charge is 2.22. The summed E-state index contributed by atoms with van der Waals surface area (Å²) >= 11 is 0. The molecule has 0 aromatic carbocycles. The Morgan fingerprint density at radius 1 is 1.41 bits per heavy atom. The molecule has 0 radical (unpaired) electrons. The molecule has 1 fully saturated rings. The average molecular weight is 299 g/mol. The molecule has 6 heteroatoms. The Balaban J connectivity index is 1.57. The minimum Gasteiger partial charge on any atom is -0.355 e. The van der Waals surface area contributed by atoms with E-state index in [9.17, 15) is 4.79 Å². The number of pyridine rings is 1. The first-order valence-corrected chi connectivity index (χ1v) is 7.66. The summed E-state index contributed by atoms with van der Waals surface area (Å²) < 4.78 is 1.64. The standard InChI is InChI=1S/C16H21N5O/c1-13-5-2-7-15(18-13)20-9-3-6-14(11-20)19-16(22)12-21-10-4-8-17-21/h2,4-5,7-8,10,14H,3,6,9,11-12H2,1H3,(H,19,22)/t14-/m1/s1. The van der Waals surface area contributed by atoms with Crippen molar-refractivity contribution in [2.75, 3.05) is 18.0 Å². The van der Waals surface area contributed by atoms with E-state index in [2.05, 4.69) is 20.3 Å². The van der Waals surface area contributed by atoms with Crippen LogP contribution in [0.3, 0.4) is 0 Å². The number of nitrogens with one attached hydrogen (secondary N) is 1. The van der Waals surface area contributed by atoms with Gasteiger partial charge in [0.05, 0.1) is 0 Å². The number of rotatable bonds is 4. The van der Waals surface area contributed by atoms with Crippen LogP contribution in [0.15, 0.2) is 36.7 Å². The first-order valence-electron chi connectivity index (χ1n) is 7.66. The number of carbonyl (C=O) groups is 1. The van der Waals surface area contributed by atoms with Crippen LogP contribution in [0.2, 0.25) is 0 Å². The van der Waals surface area contributed by atoms with Gasteiger partial charge in [0.1, 0.15) is 12.4 Å². The fourth-order valence-corrected chi connectivity index (χ4v) is 2.82. The van der Waals surface area contributed by atoms with Gasteiger partial charge in [-0.3, -0.25) is 9.48 Å².